The average molecular weight is 260 g/mol. The van der Waals surface area contributed by atoms with Crippen LogP contribution in [0.1, 0.15) is 42.7 Å². The molecule has 0 fully saturated rings. The van der Waals surface area contributed by atoms with Gasteiger partial charge in [0, 0.05) is 19.0 Å². The van der Waals surface area contributed by atoms with Crippen LogP contribution in [-0.2, 0) is 19.4 Å². The number of hydrogen-bond acceptors (Lipinski definition) is 5. The average Bonchev–Trinajstić information content (AvgIpc) is 2.85. The van der Waals surface area contributed by atoms with Gasteiger partial charge in [-0.15, -0.1) is 0 Å². The van der Waals surface area contributed by atoms with Crippen LogP contribution in [0.4, 0.5) is 0 Å². The summed E-state index contributed by atoms with van der Waals surface area (Å²) in [6, 6.07) is 1.89. The summed E-state index contributed by atoms with van der Waals surface area (Å²) in [5, 5.41) is 12.5. The third kappa shape index (κ3) is 2.96. The van der Waals surface area contributed by atoms with E-state index in [0.29, 0.717) is 6.42 Å². The molecule has 0 spiro atoms. The summed E-state index contributed by atoms with van der Waals surface area (Å²) in [6.07, 6.45) is 3.06. The van der Waals surface area contributed by atoms with Crippen molar-refractivity contribution >= 4 is 0 Å². The Balaban J connectivity index is 2.24. The van der Waals surface area contributed by atoms with E-state index in [-0.39, 0.29) is 6.04 Å². The highest BCUT2D eigenvalue weighted by Gasteiger charge is 2.16. The quantitative estimate of drug-likeness (QED) is 0.873. The van der Waals surface area contributed by atoms with Crippen LogP contribution < -0.4 is 5.73 Å². The van der Waals surface area contributed by atoms with Crippen molar-refractivity contribution in [1.82, 2.24) is 25.0 Å². The molecule has 19 heavy (non-hydrogen) atoms. The fourth-order valence-electron chi connectivity index (χ4n) is 2.15. The van der Waals surface area contributed by atoms with Crippen molar-refractivity contribution in [2.75, 3.05) is 0 Å². The highest BCUT2D eigenvalue weighted by molar-refractivity contribution is 5.25. The van der Waals surface area contributed by atoms with Crippen molar-refractivity contribution < 1.29 is 0 Å². The predicted molar refractivity (Wildman–Crippen MR) is 72.5 cm³/mol. The SMILES string of the molecule is CCc1nnc(C)cc1C(N)Cc1ncnn1CC. The molecule has 0 aliphatic carbocycles. The number of nitrogens with zero attached hydrogens (tertiary/aromatic N) is 5. The Morgan fingerprint density at radius 3 is 2.79 bits per heavy atom. The molecule has 0 saturated carbocycles. The molecule has 2 heterocycles. The van der Waals surface area contributed by atoms with E-state index in [2.05, 4.69) is 27.2 Å². The lowest BCUT2D eigenvalue weighted by Gasteiger charge is -2.15. The highest BCUT2D eigenvalue weighted by atomic mass is 15.3. The lowest BCUT2D eigenvalue weighted by Crippen LogP contribution is -2.19. The maximum atomic E-state index is 6.31. The van der Waals surface area contributed by atoms with Crippen LogP contribution in [-0.4, -0.2) is 25.0 Å². The van der Waals surface area contributed by atoms with Crippen LogP contribution in [0, 0.1) is 6.92 Å². The van der Waals surface area contributed by atoms with Gasteiger partial charge in [-0.05, 0) is 31.9 Å². The van der Waals surface area contributed by atoms with Crippen molar-refractivity contribution in [3.63, 3.8) is 0 Å². The molecule has 1 atom stereocenters. The predicted octanol–water partition coefficient (Wildman–Crippen LogP) is 1.20. The van der Waals surface area contributed by atoms with Crippen molar-refractivity contribution in [2.45, 2.75) is 46.2 Å². The number of aromatic nitrogens is 5. The number of rotatable bonds is 5. The summed E-state index contributed by atoms with van der Waals surface area (Å²) < 4.78 is 1.87. The maximum Gasteiger partial charge on any atom is 0.138 e. The van der Waals surface area contributed by atoms with Crippen LogP contribution in [0.15, 0.2) is 12.4 Å². The lowest BCUT2D eigenvalue weighted by atomic mass is 10.0. The molecule has 1 unspecified atom stereocenters. The van der Waals surface area contributed by atoms with E-state index in [9.17, 15) is 0 Å². The molecular weight excluding hydrogens is 240 g/mol. The molecule has 102 valence electrons. The molecule has 0 aliphatic heterocycles. The summed E-state index contributed by atoms with van der Waals surface area (Å²) >= 11 is 0. The van der Waals surface area contributed by atoms with Gasteiger partial charge in [-0.3, -0.25) is 4.68 Å². The molecule has 0 radical (unpaired) electrons. The Morgan fingerprint density at radius 1 is 1.32 bits per heavy atom. The van der Waals surface area contributed by atoms with Gasteiger partial charge < -0.3 is 5.73 Å². The molecule has 2 rings (SSSR count). The van der Waals surface area contributed by atoms with Crippen molar-refractivity contribution in [3.05, 3.63) is 35.2 Å². The summed E-state index contributed by atoms with van der Waals surface area (Å²) in [4.78, 5) is 4.27. The van der Waals surface area contributed by atoms with Gasteiger partial charge in [-0.1, -0.05) is 6.92 Å². The van der Waals surface area contributed by atoms with Gasteiger partial charge in [0.25, 0.3) is 0 Å². The first-order chi connectivity index (χ1) is 9.15. The minimum absolute atomic E-state index is 0.126. The van der Waals surface area contributed by atoms with Crippen molar-refractivity contribution in [1.29, 1.82) is 0 Å². The van der Waals surface area contributed by atoms with Crippen LogP contribution in [0.5, 0.6) is 0 Å². The standard InChI is InChI=1S/C13H20N6/c1-4-12-10(6-9(3)17-18-12)11(14)7-13-15-8-16-19(13)5-2/h6,8,11H,4-5,7,14H2,1-3H3. The molecule has 0 amide bonds. The van der Waals surface area contributed by atoms with Gasteiger partial charge in [0.05, 0.1) is 11.4 Å². The van der Waals surface area contributed by atoms with Gasteiger partial charge in [0.1, 0.15) is 12.2 Å². The van der Waals surface area contributed by atoms with Crippen LogP contribution in [0.25, 0.3) is 0 Å². The minimum Gasteiger partial charge on any atom is -0.324 e. The van der Waals surface area contributed by atoms with Crippen LogP contribution in [0.3, 0.4) is 0 Å². The topological polar surface area (TPSA) is 82.5 Å². The first kappa shape index (κ1) is 13.6. The van der Waals surface area contributed by atoms with E-state index >= 15 is 0 Å². The molecule has 6 nitrogen and oxygen atoms in total. The van der Waals surface area contributed by atoms with Crippen molar-refractivity contribution in [2.24, 2.45) is 5.73 Å². The lowest BCUT2D eigenvalue weighted by molar-refractivity contribution is 0.576. The first-order valence-electron chi connectivity index (χ1n) is 6.61. The van der Waals surface area contributed by atoms with Gasteiger partial charge in [0.15, 0.2) is 0 Å². The van der Waals surface area contributed by atoms with Crippen molar-refractivity contribution in [3.8, 4) is 0 Å². The maximum absolute atomic E-state index is 6.31. The number of aryl methyl sites for hydroxylation is 3. The zero-order chi connectivity index (χ0) is 13.8. The second-order valence-corrected chi connectivity index (χ2v) is 4.54. The molecule has 2 N–H and O–H groups in total. The molecule has 0 aliphatic rings. The van der Waals surface area contributed by atoms with Crippen LogP contribution in [0.2, 0.25) is 0 Å². The monoisotopic (exact) mass is 260 g/mol. The minimum atomic E-state index is -0.126. The molecular formula is C13H20N6. The largest absolute Gasteiger partial charge is 0.324 e. The summed E-state index contributed by atoms with van der Waals surface area (Å²) in [7, 11) is 0. The summed E-state index contributed by atoms with van der Waals surface area (Å²) in [5.41, 5.74) is 9.21. The third-order valence-electron chi connectivity index (χ3n) is 3.16. The Hall–Kier alpha value is -1.82. The van der Waals surface area contributed by atoms with Gasteiger partial charge in [-0.25, -0.2) is 4.98 Å². The van der Waals surface area contributed by atoms with Gasteiger partial charge >= 0.3 is 0 Å². The zero-order valence-electron chi connectivity index (χ0n) is 11.7. The van der Waals surface area contributed by atoms with Gasteiger partial charge in [-0.2, -0.15) is 15.3 Å². The molecule has 6 heteroatoms. The Labute approximate surface area is 113 Å². The molecule has 2 aromatic heterocycles. The summed E-state index contributed by atoms with van der Waals surface area (Å²) in [6.45, 7) is 6.83. The van der Waals surface area contributed by atoms with E-state index in [0.717, 1.165) is 35.7 Å². The van der Waals surface area contributed by atoms with E-state index in [4.69, 9.17) is 5.73 Å². The Kier molecular flexibility index (Phi) is 4.21. The Morgan fingerprint density at radius 2 is 2.11 bits per heavy atom. The molecule has 0 aromatic carbocycles. The smallest absolute Gasteiger partial charge is 0.138 e. The number of hydrogen-bond donors (Lipinski definition) is 1. The molecule has 0 bridgehead atoms. The first-order valence-corrected chi connectivity index (χ1v) is 6.61. The molecule has 0 saturated heterocycles. The Bertz CT molecular complexity index is 548. The summed E-state index contributed by atoms with van der Waals surface area (Å²) in [5.74, 6) is 0.909. The second-order valence-electron chi connectivity index (χ2n) is 4.54. The fourth-order valence-corrected chi connectivity index (χ4v) is 2.15. The van der Waals surface area contributed by atoms with Gasteiger partial charge in [0.2, 0.25) is 0 Å². The normalized spacial score (nSPS) is 12.6. The van der Waals surface area contributed by atoms with E-state index < -0.39 is 0 Å². The number of nitrogens with two attached hydrogens (primary N) is 1. The van der Waals surface area contributed by atoms with E-state index in [1.54, 1.807) is 6.33 Å². The van der Waals surface area contributed by atoms with Crippen LogP contribution >= 0.6 is 0 Å². The third-order valence-corrected chi connectivity index (χ3v) is 3.16. The highest BCUT2D eigenvalue weighted by Crippen LogP contribution is 2.18. The molecule has 2 aromatic rings. The van der Waals surface area contributed by atoms with E-state index in [1.165, 1.54) is 0 Å². The fraction of sp³-hybridized carbons (Fsp3) is 0.538. The zero-order valence-corrected chi connectivity index (χ0v) is 11.7. The van der Waals surface area contributed by atoms with E-state index in [1.807, 2.05) is 24.6 Å². The second kappa shape index (κ2) is 5.88.